The summed E-state index contributed by atoms with van der Waals surface area (Å²) < 4.78 is 3.54. The molecule has 0 saturated heterocycles. The van der Waals surface area contributed by atoms with Crippen molar-refractivity contribution in [3.8, 4) is 5.82 Å². The second kappa shape index (κ2) is 10.4. The molecule has 4 heterocycles. The first-order valence-electron chi connectivity index (χ1n) is 13.2. The van der Waals surface area contributed by atoms with Gasteiger partial charge in [0.15, 0.2) is 11.5 Å². The van der Waals surface area contributed by atoms with E-state index >= 15 is 0 Å². The lowest BCUT2D eigenvalue weighted by atomic mass is 10.0. The molecule has 37 heavy (non-hydrogen) atoms. The van der Waals surface area contributed by atoms with Gasteiger partial charge in [0, 0.05) is 37.1 Å². The summed E-state index contributed by atoms with van der Waals surface area (Å²) in [5.41, 5.74) is 4.94. The molecule has 194 valence electrons. The van der Waals surface area contributed by atoms with Crippen LogP contribution in [0.5, 0.6) is 0 Å². The lowest BCUT2D eigenvalue weighted by Crippen LogP contribution is -2.30. The minimum atomic E-state index is -0.124. The summed E-state index contributed by atoms with van der Waals surface area (Å²) in [6.45, 7) is 14.1. The van der Waals surface area contributed by atoms with Crippen LogP contribution in [-0.2, 0) is 19.5 Å². The topological polar surface area (TPSA) is 92.9 Å². The van der Waals surface area contributed by atoms with Crippen LogP contribution < -0.4 is 16.2 Å². The molecule has 4 aromatic rings. The second-order valence-electron chi connectivity index (χ2n) is 10.2. The number of hydrogen-bond donors (Lipinski definition) is 2. The van der Waals surface area contributed by atoms with Crippen molar-refractivity contribution < 1.29 is 0 Å². The standard InChI is InChI=1S/C28H36N8O/c1-6-34(18(2)3)17-23-8-7-9-25(31-23)36-26-24(27(37)35(36)19(4)5)16-30-28(33-26)32-22-11-10-20-12-13-29-15-21(20)14-22/h7-11,14,16,18-19,29H,6,12-13,15,17H2,1-5H3,(H,30,32,33). The van der Waals surface area contributed by atoms with Crippen LogP contribution in [0.15, 0.2) is 47.4 Å². The summed E-state index contributed by atoms with van der Waals surface area (Å²) >= 11 is 0. The molecule has 0 fully saturated rings. The highest BCUT2D eigenvalue weighted by molar-refractivity contribution is 5.77. The van der Waals surface area contributed by atoms with E-state index in [-0.39, 0.29) is 11.6 Å². The maximum Gasteiger partial charge on any atom is 0.278 e. The zero-order chi connectivity index (χ0) is 26.1. The van der Waals surface area contributed by atoms with Gasteiger partial charge in [0.2, 0.25) is 5.95 Å². The van der Waals surface area contributed by atoms with Gasteiger partial charge in [-0.2, -0.15) is 4.98 Å². The third kappa shape index (κ3) is 5.01. The Morgan fingerprint density at radius 2 is 1.95 bits per heavy atom. The lowest BCUT2D eigenvalue weighted by Gasteiger charge is -2.24. The molecular weight excluding hydrogens is 464 g/mol. The monoisotopic (exact) mass is 500 g/mol. The molecule has 0 spiro atoms. The molecule has 5 rings (SSSR count). The predicted molar refractivity (Wildman–Crippen MR) is 148 cm³/mol. The van der Waals surface area contributed by atoms with Crippen molar-refractivity contribution in [3.05, 3.63) is 69.8 Å². The highest BCUT2D eigenvalue weighted by Gasteiger charge is 2.21. The highest BCUT2D eigenvalue weighted by Crippen LogP contribution is 2.23. The minimum absolute atomic E-state index is 0.0838. The number of nitrogens with one attached hydrogen (secondary N) is 2. The number of rotatable bonds is 8. The first-order chi connectivity index (χ1) is 17.9. The fourth-order valence-electron chi connectivity index (χ4n) is 4.97. The molecule has 0 radical (unpaired) electrons. The maximum atomic E-state index is 13.4. The molecule has 0 unspecified atom stereocenters. The van der Waals surface area contributed by atoms with Gasteiger partial charge in [0.1, 0.15) is 5.39 Å². The van der Waals surface area contributed by atoms with Gasteiger partial charge in [0.05, 0.1) is 5.69 Å². The molecule has 1 aromatic carbocycles. The summed E-state index contributed by atoms with van der Waals surface area (Å²) in [4.78, 5) is 30.0. The average Bonchev–Trinajstić information content (AvgIpc) is 3.19. The molecule has 2 N–H and O–H groups in total. The average molecular weight is 501 g/mol. The van der Waals surface area contributed by atoms with Crippen LogP contribution in [0.3, 0.4) is 0 Å². The van der Waals surface area contributed by atoms with Gasteiger partial charge in [-0.05, 0) is 82.6 Å². The van der Waals surface area contributed by atoms with Crippen LogP contribution in [0.1, 0.15) is 57.5 Å². The normalized spacial score (nSPS) is 13.6. The first kappa shape index (κ1) is 25.1. The summed E-state index contributed by atoms with van der Waals surface area (Å²) in [5, 5.41) is 7.23. The van der Waals surface area contributed by atoms with Crippen LogP contribution in [0.4, 0.5) is 11.6 Å². The van der Waals surface area contributed by atoms with Gasteiger partial charge in [-0.3, -0.25) is 9.69 Å². The van der Waals surface area contributed by atoms with E-state index in [9.17, 15) is 4.79 Å². The van der Waals surface area contributed by atoms with E-state index < -0.39 is 0 Å². The van der Waals surface area contributed by atoms with Gasteiger partial charge < -0.3 is 10.6 Å². The van der Waals surface area contributed by atoms with Crippen LogP contribution in [-0.4, -0.2) is 48.3 Å². The van der Waals surface area contributed by atoms with Gasteiger partial charge in [-0.25, -0.2) is 19.3 Å². The Kier molecular flexibility index (Phi) is 7.08. The molecule has 1 aliphatic heterocycles. The second-order valence-corrected chi connectivity index (χ2v) is 10.2. The Morgan fingerprint density at radius 1 is 1.11 bits per heavy atom. The molecular formula is C28H36N8O. The predicted octanol–water partition coefficient (Wildman–Crippen LogP) is 4.18. The fourth-order valence-corrected chi connectivity index (χ4v) is 4.97. The number of benzene rings is 1. The van der Waals surface area contributed by atoms with Crippen molar-refractivity contribution in [2.24, 2.45) is 0 Å². The van der Waals surface area contributed by atoms with Gasteiger partial charge in [0.25, 0.3) is 5.56 Å². The number of nitrogens with zero attached hydrogens (tertiary/aromatic N) is 6. The number of hydrogen-bond acceptors (Lipinski definition) is 7. The lowest BCUT2D eigenvalue weighted by molar-refractivity contribution is 0.222. The summed E-state index contributed by atoms with van der Waals surface area (Å²) in [5.74, 6) is 1.11. The van der Waals surface area contributed by atoms with E-state index in [4.69, 9.17) is 9.97 Å². The fraction of sp³-hybridized carbons (Fsp3) is 0.429. The molecule has 0 aliphatic carbocycles. The van der Waals surface area contributed by atoms with Crippen molar-refractivity contribution in [2.75, 3.05) is 18.4 Å². The van der Waals surface area contributed by atoms with E-state index in [1.807, 2.05) is 36.7 Å². The number of pyridine rings is 1. The number of fused-ring (bicyclic) bond motifs is 2. The van der Waals surface area contributed by atoms with E-state index in [0.29, 0.717) is 28.8 Å². The smallest absolute Gasteiger partial charge is 0.278 e. The van der Waals surface area contributed by atoms with E-state index in [0.717, 1.165) is 44.0 Å². The molecule has 1 aliphatic rings. The number of aromatic nitrogens is 5. The molecule has 9 nitrogen and oxygen atoms in total. The van der Waals surface area contributed by atoms with Crippen molar-refractivity contribution in [1.82, 2.24) is 34.5 Å². The van der Waals surface area contributed by atoms with Crippen molar-refractivity contribution in [3.63, 3.8) is 0 Å². The maximum absolute atomic E-state index is 13.4. The van der Waals surface area contributed by atoms with E-state index in [1.165, 1.54) is 11.1 Å². The minimum Gasteiger partial charge on any atom is -0.324 e. The first-order valence-corrected chi connectivity index (χ1v) is 13.2. The summed E-state index contributed by atoms with van der Waals surface area (Å²) in [7, 11) is 0. The van der Waals surface area contributed by atoms with Gasteiger partial charge >= 0.3 is 0 Å². The Morgan fingerprint density at radius 3 is 2.70 bits per heavy atom. The third-order valence-corrected chi connectivity index (χ3v) is 6.97. The zero-order valence-electron chi connectivity index (χ0n) is 22.3. The Bertz CT molecular complexity index is 1470. The Labute approximate surface area is 217 Å². The van der Waals surface area contributed by atoms with Gasteiger partial charge in [-0.1, -0.05) is 19.1 Å². The molecule has 0 saturated carbocycles. The summed E-state index contributed by atoms with van der Waals surface area (Å²) in [6, 6.07) is 12.6. The Hall–Kier alpha value is -3.56. The van der Waals surface area contributed by atoms with Crippen LogP contribution in [0.2, 0.25) is 0 Å². The zero-order valence-corrected chi connectivity index (χ0v) is 22.3. The van der Waals surface area contributed by atoms with Crippen molar-refractivity contribution >= 4 is 22.7 Å². The van der Waals surface area contributed by atoms with Crippen molar-refractivity contribution in [1.29, 1.82) is 0 Å². The largest absolute Gasteiger partial charge is 0.324 e. The van der Waals surface area contributed by atoms with E-state index in [1.54, 1.807) is 10.9 Å². The molecule has 9 heteroatoms. The molecule has 0 amide bonds. The van der Waals surface area contributed by atoms with Crippen molar-refractivity contribution in [2.45, 2.75) is 66.2 Å². The molecule has 0 bridgehead atoms. The number of anilines is 2. The molecule has 3 aromatic heterocycles. The summed E-state index contributed by atoms with van der Waals surface area (Å²) in [6.07, 6.45) is 2.65. The molecule has 0 atom stereocenters. The van der Waals surface area contributed by atoms with Crippen LogP contribution in [0, 0.1) is 0 Å². The highest BCUT2D eigenvalue weighted by atomic mass is 16.1. The van der Waals surface area contributed by atoms with Gasteiger partial charge in [-0.15, -0.1) is 0 Å². The SMILES string of the molecule is CCN(Cc1cccc(-n2c3nc(Nc4ccc5c(c4)CNCC5)ncc3c(=O)n2C(C)C)n1)C(C)C. The van der Waals surface area contributed by atoms with Crippen LogP contribution in [0.25, 0.3) is 16.9 Å². The van der Waals surface area contributed by atoms with Crippen LogP contribution >= 0.6 is 0 Å². The Balaban J connectivity index is 1.57. The quantitative estimate of drug-likeness (QED) is 0.375. The third-order valence-electron chi connectivity index (χ3n) is 6.97. The van der Waals surface area contributed by atoms with E-state index in [2.05, 4.69) is 59.5 Å².